The summed E-state index contributed by atoms with van der Waals surface area (Å²) in [6.07, 6.45) is 8.91. The summed E-state index contributed by atoms with van der Waals surface area (Å²) in [5.74, 6) is 0.597. The minimum absolute atomic E-state index is 0.216. The summed E-state index contributed by atoms with van der Waals surface area (Å²) < 4.78 is 1.75. The van der Waals surface area contributed by atoms with E-state index in [0.717, 1.165) is 34.8 Å². The minimum atomic E-state index is -0.289. The Labute approximate surface area is 180 Å². The highest BCUT2D eigenvalue weighted by molar-refractivity contribution is 5.96. The summed E-state index contributed by atoms with van der Waals surface area (Å²) in [5, 5.41) is 7.34. The number of aromatic nitrogens is 6. The Hall–Kier alpha value is -3.94. The fourth-order valence-corrected chi connectivity index (χ4v) is 3.26. The molecule has 1 atom stereocenters. The number of amides is 1. The molecule has 3 heterocycles. The molecule has 1 amide bonds. The molecule has 4 aromatic rings. The number of nitrogens with zero attached hydrogens (tertiary/aromatic N) is 6. The summed E-state index contributed by atoms with van der Waals surface area (Å²) in [6, 6.07) is 9.27. The van der Waals surface area contributed by atoms with Crippen molar-refractivity contribution in [3.63, 3.8) is 0 Å². The van der Waals surface area contributed by atoms with E-state index in [4.69, 9.17) is 0 Å². The zero-order valence-electron chi connectivity index (χ0n) is 17.6. The number of hydrogen-bond acceptors (Lipinski definition) is 6. The molecular formula is C23H23N7O. The average Bonchev–Trinajstić information content (AvgIpc) is 3.29. The maximum absolute atomic E-state index is 13.1. The van der Waals surface area contributed by atoms with Gasteiger partial charge in [-0.2, -0.15) is 5.10 Å². The van der Waals surface area contributed by atoms with E-state index in [-0.39, 0.29) is 11.9 Å². The molecule has 0 spiro atoms. The van der Waals surface area contributed by atoms with Crippen molar-refractivity contribution in [1.29, 1.82) is 0 Å². The first-order valence-corrected chi connectivity index (χ1v) is 10.1. The van der Waals surface area contributed by atoms with Crippen molar-refractivity contribution in [2.45, 2.75) is 33.2 Å². The smallest absolute Gasteiger partial charge is 0.251 e. The molecule has 1 unspecified atom stereocenters. The molecule has 0 saturated carbocycles. The SMILES string of the molecule is CCc1ncnn1-c1cc(C(=O)NC(C)c2cnccn2)cc(-c2ccc(C)cn2)c1. The number of nitrogens with one attached hydrogen (secondary N) is 1. The van der Waals surface area contributed by atoms with Crippen LogP contribution in [-0.4, -0.2) is 35.6 Å². The standard InChI is InChI=1S/C23H23N7O/c1-4-22-27-14-28-30(22)19-10-17(20-6-5-15(2)12-26-20)9-18(11-19)23(31)29-16(3)21-13-24-7-8-25-21/h5-14,16H,4H2,1-3H3,(H,29,31). The Morgan fingerprint density at radius 1 is 1.10 bits per heavy atom. The lowest BCUT2D eigenvalue weighted by Crippen LogP contribution is -2.27. The zero-order chi connectivity index (χ0) is 21.8. The second-order valence-corrected chi connectivity index (χ2v) is 7.26. The Morgan fingerprint density at radius 2 is 1.97 bits per heavy atom. The Bertz CT molecular complexity index is 1190. The summed E-state index contributed by atoms with van der Waals surface area (Å²) >= 11 is 0. The lowest BCUT2D eigenvalue weighted by molar-refractivity contribution is 0.0939. The molecule has 0 bridgehead atoms. The zero-order valence-corrected chi connectivity index (χ0v) is 17.6. The number of aryl methyl sites for hydroxylation is 2. The van der Waals surface area contributed by atoms with Gasteiger partial charge in [-0.1, -0.05) is 13.0 Å². The number of benzene rings is 1. The Kier molecular flexibility index (Phi) is 5.79. The molecule has 3 aromatic heterocycles. The quantitative estimate of drug-likeness (QED) is 0.520. The van der Waals surface area contributed by atoms with Gasteiger partial charge in [0, 0.05) is 36.1 Å². The van der Waals surface area contributed by atoms with Crippen molar-refractivity contribution in [2.75, 3.05) is 0 Å². The first kappa shape index (κ1) is 20.3. The molecule has 8 nitrogen and oxygen atoms in total. The number of carbonyl (C=O) groups is 1. The average molecular weight is 413 g/mol. The Morgan fingerprint density at radius 3 is 2.68 bits per heavy atom. The molecule has 0 saturated heterocycles. The van der Waals surface area contributed by atoms with Crippen LogP contribution in [0, 0.1) is 6.92 Å². The third-order valence-electron chi connectivity index (χ3n) is 4.94. The van der Waals surface area contributed by atoms with Gasteiger partial charge in [0.15, 0.2) is 0 Å². The van der Waals surface area contributed by atoms with Gasteiger partial charge in [-0.15, -0.1) is 0 Å². The molecule has 156 valence electrons. The van der Waals surface area contributed by atoms with Crippen LogP contribution < -0.4 is 5.32 Å². The molecule has 0 radical (unpaired) electrons. The van der Waals surface area contributed by atoms with Crippen LogP contribution in [-0.2, 0) is 6.42 Å². The van der Waals surface area contributed by atoms with E-state index < -0.39 is 0 Å². The first-order chi connectivity index (χ1) is 15.0. The molecular weight excluding hydrogens is 390 g/mol. The molecule has 4 rings (SSSR count). The number of rotatable bonds is 6. The molecule has 0 fully saturated rings. The summed E-state index contributed by atoms with van der Waals surface area (Å²) in [5.41, 5.74) is 4.63. The molecule has 1 aromatic carbocycles. The van der Waals surface area contributed by atoms with Crippen LogP contribution in [0.25, 0.3) is 16.9 Å². The highest BCUT2D eigenvalue weighted by Gasteiger charge is 2.16. The van der Waals surface area contributed by atoms with E-state index in [2.05, 4.69) is 30.4 Å². The molecule has 0 aliphatic heterocycles. The van der Waals surface area contributed by atoms with E-state index >= 15 is 0 Å². The molecule has 8 heteroatoms. The van der Waals surface area contributed by atoms with Gasteiger partial charge < -0.3 is 5.32 Å². The van der Waals surface area contributed by atoms with Crippen molar-refractivity contribution in [1.82, 2.24) is 35.0 Å². The van der Waals surface area contributed by atoms with Crippen molar-refractivity contribution < 1.29 is 4.79 Å². The summed E-state index contributed by atoms with van der Waals surface area (Å²) in [7, 11) is 0. The van der Waals surface area contributed by atoms with E-state index in [9.17, 15) is 4.79 Å². The Balaban J connectivity index is 1.74. The van der Waals surface area contributed by atoms with Crippen molar-refractivity contribution in [3.8, 4) is 16.9 Å². The lowest BCUT2D eigenvalue weighted by atomic mass is 10.0. The second-order valence-electron chi connectivity index (χ2n) is 7.26. The number of pyridine rings is 1. The molecule has 1 N–H and O–H groups in total. The van der Waals surface area contributed by atoms with Gasteiger partial charge in [0.05, 0.1) is 29.3 Å². The monoisotopic (exact) mass is 413 g/mol. The van der Waals surface area contributed by atoms with Crippen LogP contribution in [0.3, 0.4) is 0 Å². The number of hydrogen-bond donors (Lipinski definition) is 1. The lowest BCUT2D eigenvalue weighted by Gasteiger charge is -2.15. The van der Waals surface area contributed by atoms with Crippen LogP contribution in [0.2, 0.25) is 0 Å². The molecule has 0 aliphatic rings. The van der Waals surface area contributed by atoms with E-state index in [1.54, 1.807) is 23.3 Å². The highest BCUT2D eigenvalue weighted by atomic mass is 16.1. The van der Waals surface area contributed by atoms with Crippen LogP contribution in [0.5, 0.6) is 0 Å². The van der Waals surface area contributed by atoms with Crippen LogP contribution in [0.1, 0.15) is 47.3 Å². The molecule has 31 heavy (non-hydrogen) atoms. The van der Waals surface area contributed by atoms with E-state index in [1.807, 2.05) is 57.3 Å². The third-order valence-corrected chi connectivity index (χ3v) is 4.94. The third kappa shape index (κ3) is 4.48. The van der Waals surface area contributed by atoms with E-state index in [1.165, 1.54) is 6.33 Å². The predicted molar refractivity (Wildman–Crippen MR) is 117 cm³/mol. The maximum Gasteiger partial charge on any atom is 0.251 e. The van der Waals surface area contributed by atoms with Crippen LogP contribution in [0.15, 0.2) is 61.4 Å². The fraction of sp³-hybridized carbons (Fsp3) is 0.217. The van der Waals surface area contributed by atoms with Crippen LogP contribution in [0.4, 0.5) is 0 Å². The highest BCUT2D eigenvalue weighted by Crippen LogP contribution is 2.24. The predicted octanol–water partition coefficient (Wildman–Crippen LogP) is 3.48. The van der Waals surface area contributed by atoms with Crippen LogP contribution >= 0.6 is 0 Å². The normalized spacial score (nSPS) is 11.8. The summed E-state index contributed by atoms with van der Waals surface area (Å²) in [4.78, 5) is 30.3. The topological polar surface area (TPSA) is 98.5 Å². The van der Waals surface area contributed by atoms with Gasteiger partial charge in [-0.25, -0.2) is 9.67 Å². The number of carbonyl (C=O) groups excluding carboxylic acids is 1. The van der Waals surface area contributed by atoms with Crippen molar-refractivity contribution >= 4 is 5.91 Å². The second kappa shape index (κ2) is 8.83. The largest absolute Gasteiger partial charge is 0.344 e. The van der Waals surface area contributed by atoms with Gasteiger partial charge >= 0.3 is 0 Å². The van der Waals surface area contributed by atoms with Gasteiger partial charge in [-0.05, 0) is 43.7 Å². The van der Waals surface area contributed by atoms with Gasteiger partial charge in [0.2, 0.25) is 0 Å². The van der Waals surface area contributed by atoms with Crippen molar-refractivity contribution in [2.24, 2.45) is 0 Å². The minimum Gasteiger partial charge on any atom is -0.344 e. The van der Waals surface area contributed by atoms with Gasteiger partial charge in [-0.3, -0.25) is 19.7 Å². The van der Waals surface area contributed by atoms with Gasteiger partial charge in [0.1, 0.15) is 12.2 Å². The van der Waals surface area contributed by atoms with Crippen molar-refractivity contribution in [3.05, 3.63) is 84.1 Å². The first-order valence-electron chi connectivity index (χ1n) is 10.1. The fourth-order valence-electron chi connectivity index (χ4n) is 3.26. The summed E-state index contributed by atoms with van der Waals surface area (Å²) in [6.45, 7) is 5.88. The van der Waals surface area contributed by atoms with Gasteiger partial charge in [0.25, 0.3) is 5.91 Å². The molecule has 0 aliphatic carbocycles. The maximum atomic E-state index is 13.1. The van der Waals surface area contributed by atoms with E-state index in [0.29, 0.717) is 11.3 Å².